The zero-order chi connectivity index (χ0) is 27.4. The van der Waals surface area contributed by atoms with E-state index in [2.05, 4.69) is 15.1 Å². The smallest absolute Gasteiger partial charge is 0.432 e. The van der Waals surface area contributed by atoms with Crippen molar-refractivity contribution in [3.8, 4) is 22.3 Å². The van der Waals surface area contributed by atoms with Gasteiger partial charge in [0.25, 0.3) is 0 Å². The van der Waals surface area contributed by atoms with Crippen LogP contribution in [-0.4, -0.2) is 30.8 Å². The van der Waals surface area contributed by atoms with Gasteiger partial charge in [-0.15, -0.1) is 0 Å². The monoisotopic (exact) mass is 520 g/mol. The van der Waals surface area contributed by atoms with Crippen molar-refractivity contribution in [2.75, 3.05) is 0 Å². The maximum Gasteiger partial charge on any atom is 0.432 e. The average molecular weight is 521 g/mol. The van der Waals surface area contributed by atoms with Gasteiger partial charge in [0.1, 0.15) is 11.5 Å². The topological polar surface area (TPSA) is 94.0 Å². The molecule has 0 spiro atoms. The first kappa shape index (κ1) is 25.2. The minimum Gasteiger partial charge on any atom is -0.478 e. The van der Waals surface area contributed by atoms with Crippen LogP contribution in [0.1, 0.15) is 51.7 Å². The Balaban J connectivity index is 1.94. The lowest BCUT2D eigenvalue weighted by atomic mass is 9.95. The Labute approximate surface area is 215 Å². The van der Waals surface area contributed by atoms with Gasteiger partial charge in [-0.3, -0.25) is 9.97 Å². The number of alkyl halides is 3. The number of benzene rings is 1. The number of aromatic nitrogens is 4. The molecule has 0 fully saturated rings. The van der Waals surface area contributed by atoms with E-state index in [-0.39, 0.29) is 33.3 Å². The molecule has 1 atom stereocenters. The van der Waals surface area contributed by atoms with Crippen LogP contribution in [0.2, 0.25) is 0 Å². The van der Waals surface area contributed by atoms with Crippen molar-refractivity contribution < 1.29 is 27.6 Å². The number of hydrogen-bond donors (Lipinski definition) is 1. The summed E-state index contributed by atoms with van der Waals surface area (Å²) in [6.07, 6.45) is -1.78. The molecule has 7 nitrogen and oxygen atoms in total. The summed E-state index contributed by atoms with van der Waals surface area (Å²) in [6.45, 7) is 6.62. The number of carboxylic acid groups (broad SMARTS) is 1. The van der Waals surface area contributed by atoms with Gasteiger partial charge in [0, 0.05) is 29.1 Å². The third-order valence-corrected chi connectivity index (χ3v) is 6.77. The number of hydrogen-bond acceptors (Lipinski definition) is 5. The van der Waals surface area contributed by atoms with Gasteiger partial charge in [-0.25, -0.2) is 4.79 Å². The van der Waals surface area contributed by atoms with Crippen LogP contribution in [0.25, 0.3) is 33.3 Å². The van der Waals surface area contributed by atoms with Crippen molar-refractivity contribution in [1.82, 2.24) is 19.7 Å². The Morgan fingerprint density at radius 1 is 1.05 bits per heavy atom. The Morgan fingerprint density at radius 3 is 2.42 bits per heavy atom. The van der Waals surface area contributed by atoms with E-state index < -0.39 is 23.9 Å². The first-order chi connectivity index (χ1) is 18.0. The van der Waals surface area contributed by atoms with Crippen molar-refractivity contribution in [2.24, 2.45) is 0 Å². The van der Waals surface area contributed by atoms with Crippen LogP contribution < -0.4 is 0 Å². The third kappa shape index (κ3) is 4.02. The summed E-state index contributed by atoms with van der Waals surface area (Å²) in [5.74, 6) is -0.710. The van der Waals surface area contributed by atoms with Gasteiger partial charge < -0.3 is 14.2 Å². The normalized spacial score (nSPS) is 12.7. The van der Waals surface area contributed by atoms with Crippen molar-refractivity contribution >= 4 is 17.0 Å². The fraction of sp³-hybridized carbons (Fsp3) is 0.214. The molecule has 4 aromatic heterocycles. The standard InChI is InChI=1S/C28H23F3N4O3/c1-14-19(8-7-9-20(14)27(36)37)24-25-22(12-18(13-33-25)23-15(2)34-38-17(23)4)35(26(24)28(29,30)31)16(3)21-10-5-6-11-32-21/h5-13,16H,1-4H3,(H,36,37)/t16-/m0/s1. The fourth-order valence-corrected chi connectivity index (χ4v) is 5.04. The summed E-state index contributed by atoms with van der Waals surface area (Å²) in [6, 6.07) is 10.2. The number of carbonyl (C=O) groups is 1. The predicted octanol–water partition coefficient (Wildman–Crippen LogP) is 7.00. The molecule has 38 heavy (non-hydrogen) atoms. The van der Waals surface area contributed by atoms with Gasteiger partial charge in [-0.2, -0.15) is 13.2 Å². The lowest BCUT2D eigenvalue weighted by Gasteiger charge is -2.21. The quantitative estimate of drug-likeness (QED) is 0.268. The molecule has 0 aliphatic rings. The van der Waals surface area contributed by atoms with E-state index in [1.165, 1.54) is 42.1 Å². The summed E-state index contributed by atoms with van der Waals surface area (Å²) in [7, 11) is 0. The largest absolute Gasteiger partial charge is 0.478 e. The zero-order valence-corrected chi connectivity index (χ0v) is 21.0. The Bertz CT molecular complexity index is 1670. The highest BCUT2D eigenvalue weighted by Crippen LogP contribution is 2.47. The Morgan fingerprint density at radius 2 is 1.82 bits per heavy atom. The molecule has 1 aromatic carbocycles. The summed E-state index contributed by atoms with van der Waals surface area (Å²) in [5.41, 5.74) is 1.71. The number of pyridine rings is 2. The van der Waals surface area contributed by atoms with Gasteiger partial charge in [-0.1, -0.05) is 23.4 Å². The van der Waals surface area contributed by atoms with Crippen LogP contribution >= 0.6 is 0 Å². The molecule has 194 valence electrons. The molecule has 5 rings (SSSR count). The van der Waals surface area contributed by atoms with Crippen LogP contribution in [0.5, 0.6) is 0 Å². The van der Waals surface area contributed by atoms with E-state index in [1.807, 2.05) is 0 Å². The molecule has 0 amide bonds. The summed E-state index contributed by atoms with van der Waals surface area (Å²) in [5, 5.41) is 13.6. The van der Waals surface area contributed by atoms with E-state index >= 15 is 0 Å². The fourth-order valence-electron chi connectivity index (χ4n) is 5.04. The SMILES string of the molecule is Cc1noc(C)c1-c1cnc2c(-c3cccc(C(=O)O)c3C)c(C(F)(F)F)n([C@@H](C)c3ccccn3)c2c1. The minimum atomic E-state index is -4.80. The van der Waals surface area contributed by atoms with E-state index in [9.17, 15) is 23.1 Å². The molecule has 1 N–H and O–H groups in total. The molecular formula is C28H23F3N4O3. The van der Waals surface area contributed by atoms with Gasteiger partial charge >= 0.3 is 12.1 Å². The van der Waals surface area contributed by atoms with Crippen LogP contribution in [0.4, 0.5) is 13.2 Å². The number of aromatic carboxylic acids is 1. The van der Waals surface area contributed by atoms with Gasteiger partial charge in [0.15, 0.2) is 0 Å². The lowest BCUT2D eigenvalue weighted by molar-refractivity contribution is -0.143. The molecule has 0 aliphatic carbocycles. The summed E-state index contributed by atoms with van der Waals surface area (Å²) < 4.78 is 51.4. The van der Waals surface area contributed by atoms with Gasteiger partial charge in [0.05, 0.1) is 34.0 Å². The molecule has 0 radical (unpaired) electrons. The van der Waals surface area contributed by atoms with E-state index in [0.29, 0.717) is 28.3 Å². The molecule has 10 heteroatoms. The molecule has 0 bridgehead atoms. The van der Waals surface area contributed by atoms with Crippen molar-refractivity contribution in [3.63, 3.8) is 0 Å². The molecule has 5 aromatic rings. The second-order valence-electron chi connectivity index (χ2n) is 9.10. The molecule has 4 heterocycles. The van der Waals surface area contributed by atoms with Crippen molar-refractivity contribution in [3.05, 3.63) is 88.8 Å². The number of fused-ring (bicyclic) bond motifs is 1. The maximum absolute atomic E-state index is 15.0. The van der Waals surface area contributed by atoms with Crippen molar-refractivity contribution in [2.45, 2.75) is 39.9 Å². The zero-order valence-electron chi connectivity index (χ0n) is 21.0. The summed E-state index contributed by atoms with van der Waals surface area (Å²) >= 11 is 0. The van der Waals surface area contributed by atoms with Crippen LogP contribution in [0, 0.1) is 20.8 Å². The summed E-state index contributed by atoms with van der Waals surface area (Å²) in [4.78, 5) is 20.7. The third-order valence-electron chi connectivity index (χ3n) is 6.77. The molecule has 0 saturated heterocycles. The number of nitrogens with zero attached hydrogens (tertiary/aromatic N) is 4. The average Bonchev–Trinajstić information content (AvgIpc) is 3.40. The van der Waals surface area contributed by atoms with Crippen LogP contribution in [0.3, 0.4) is 0 Å². The highest BCUT2D eigenvalue weighted by Gasteiger charge is 2.42. The Hall–Kier alpha value is -4.47. The maximum atomic E-state index is 15.0. The van der Waals surface area contributed by atoms with E-state index in [0.717, 1.165) is 0 Å². The van der Waals surface area contributed by atoms with E-state index in [4.69, 9.17) is 4.52 Å². The second kappa shape index (κ2) is 9.13. The first-order valence-corrected chi connectivity index (χ1v) is 11.8. The minimum absolute atomic E-state index is 0.0818. The first-order valence-electron chi connectivity index (χ1n) is 11.8. The van der Waals surface area contributed by atoms with Gasteiger partial charge in [0.2, 0.25) is 0 Å². The molecule has 0 aliphatic heterocycles. The highest BCUT2D eigenvalue weighted by molar-refractivity contribution is 6.00. The molecule has 0 unspecified atom stereocenters. The molecule has 0 saturated carbocycles. The van der Waals surface area contributed by atoms with Crippen LogP contribution in [0.15, 0.2) is 59.4 Å². The number of rotatable bonds is 5. The highest BCUT2D eigenvalue weighted by atomic mass is 19.4. The number of aryl methyl sites for hydroxylation is 2. The van der Waals surface area contributed by atoms with Crippen LogP contribution in [-0.2, 0) is 6.18 Å². The van der Waals surface area contributed by atoms with E-state index in [1.54, 1.807) is 45.0 Å². The number of halogens is 3. The Kier molecular flexibility index (Phi) is 6.05. The second-order valence-corrected chi connectivity index (χ2v) is 9.10. The lowest BCUT2D eigenvalue weighted by Crippen LogP contribution is -2.19. The number of carboxylic acids is 1. The molecular weight excluding hydrogens is 497 g/mol. The predicted molar refractivity (Wildman–Crippen MR) is 135 cm³/mol. The van der Waals surface area contributed by atoms with Crippen molar-refractivity contribution in [1.29, 1.82) is 0 Å². The van der Waals surface area contributed by atoms with Gasteiger partial charge in [-0.05, 0) is 63.1 Å².